The Morgan fingerprint density at radius 1 is 0.935 bits per heavy atom. The third kappa shape index (κ3) is 3.95. The summed E-state index contributed by atoms with van der Waals surface area (Å²) in [5, 5.41) is 3.17. The fourth-order valence-electron chi connectivity index (χ4n) is 3.58. The van der Waals surface area contributed by atoms with Crippen LogP contribution < -0.4 is 11.3 Å². The molecule has 4 nitrogen and oxygen atoms in total. The maximum atomic E-state index is 13.5. The zero-order chi connectivity index (χ0) is 21.4. The Morgan fingerprint density at radius 3 is 2.58 bits per heavy atom. The van der Waals surface area contributed by atoms with Gasteiger partial charge in [0.2, 0.25) is 0 Å². The molecule has 5 rings (SSSR count). The standard InChI is InChI=1S/C24H18ClN3OS2/c25-17-6-7-18-19(12-17)27-23(22-9-8-21(31-22)20-5-2-10-30-20)28(24(18)29)14-16-4-1-3-15(11-16)13-26/h1-12H,13-14,26H2. The third-order valence-electron chi connectivity index (χ3n) is 5.08. The fourth-order valence-corrected chi connectivity index (χ4v) is 5.58. The Bertz CT molecular complexity index is 1440. The van der Waals surface area contributed by atoms with Crippen LogP contribution in [-0.2, 0) is 13.1 Å². The summed E-state index contributed by atoms with van der Waals surface area (Å²) in [5.74, 6) is 0.644. The first kappa shape index (κ1) is 20.2. The zero-order valence-corrected chi connectivity index (χ0v) is 18.8. The molecule has 154 valence electrons. The van der Waals surface area contributed by atoms with Crippen molar-refractivity contribution in [3.63, 3.8) is 0 Å². The molecule has 2 aromatic carbocycles. The lowest BCUT2D eigenvalue weighted by Gasteiger charge is -2.13. The lowest BCUT2D eigenvalue weighted by molar-refractivity contribution is 0.759. The zero-order valence-electron chi connectivity index (χ0n) is 16.4. The van der Waals surface area contributed by atoms with Crippen LogP contribution in [0.2, 0.25) is 5.02 Å². The second-order valence-corrected chi connectivity index (χ2v) is 9.62. The van der Waals surface area contributed by atoms with E-state index >= 15 is 0 Å². The molecule has 0 aliphatic heterocycles. The molecular formula is C24H18ClN3OS2. The Balaban J connectivity index is 1.70. The molecule has 2 N–H and O–H groups in total. The van der Waals surface area contributed by atoms with Crippen LogP contribution in [0.1, 0.15) is 11.1 Å². The first-order chi connectivity index (χ1) is 15.1. The average Bonchev–Trinajstić information content (AvgIpc) is 3.47. The third-order valence-corrected chi connectivity index (χ3v) is 7.46. The van der Waals surface area contributed by atoms with Crippen molar-refractivity contribution in [2.24, 2.45) is 5.73 Å². The minimum atomic E-state index is -0.0825. The molecule has 31 heavy (non-hydrogen) atoms. The van der Waals surface area contributed by atoms with Crippen LogP contribution in [0.4, 0.5) is 0 Å². The van der Waals surface area contributed by atoms with Crippen LogP contribution >= 0.6 is 34.3 Å². The van der Waals surface area contributed by atoms with Gasteiger partial charge in [-0.15, -0.1) is 22.7 Å². The quantitative estimate of drug-likeness (QED) is 0.347. The molecular weight excluding hydrogens is 446 g/mol. The van der Waals surface area contributed by atoms with Gasteiger partial charge in [0.05, 0.1) is 22.3 Å². The highest BCUT2D eigenvalue weighted by Gasteiger charge is 2.16. The molecule has 7 heteroatoms. The number of hydrogen-bond donors (Lipinski definition) is 1. The van der Waals surface area contributed by atoms with Gasteiger partial charge in [0.25, 0.3) is 5.56 Å². The molecule has 0 fully saturated rings. The number of fused-ring (bicyclic) bond motifs is 1. The van der Waals surface area contributed by atoms with Gasteiger partial charge in [-0.1, -0.05) is 41.9 Å². The van der Waals surface area contributed by atoms with Crippen LogP contribution in [0.5, 0.6) is 0 Å². The summed E-state index contributed by atoms with van der Waals surface area (Å²) in [6, 6.07) is 21.5. The summed E-state index contributed by atoms with van der Waals surface area (Å²) in [5.41, 5.74) is 8.37. The molecule has 0 saturated heterocycles. The number of nitrogens with two attached hydrogens (primary N) is 1. The van der Waals surface area contributed by atoms with E-state index in [1.807, 2.05) is 36.4 Å². The van der Waals surface area contributed by atoms with Crippen LogP contribution in [-0.4, -0.2) is 9.55 Å². The van der Waals surface area contributed by atoms with E-state index in [9.17, 15) is 4.79 Å². The van der Waals surface area contributed by atoms with Gasteiger partial charge in [-0.05, 0) is 52.9 Å². The van der Waals surface area contributed by atoms with E-state index in [0.29, 0.717) is 34.8 Å². The Hall–Kier alpha value is -2.77. The second-order valence-electron chi connectivity index (χ2n) is 7.15. The highest BCUT2D eigenvalue weighted by atomic mass is 35.5. The lowest BCUT2D eigenvalue weighted by atomic mass is 10.1. The van der Waals surface area contributed by atoms with Gasteiger partial charge in [0, 0.05) is 21.3 Å². The van der Waals surface area contributed by atoms with E-state index in [2.05, 4.69) is 17.5 Å². The number of hydrogen-bond acceptors (Lipinski definition) is 5. The smallest absolute Gasteiger partial charge is 0.261 e. The average molecular weight is 464 g/mol. The first-order valence-electron chi connectivity index (χ1n) is 9.74. The summed E-state index contributed by atoms with van der Waals surface area (Å²) in [6.45, 7) is 0.874. The van der Waals surface area contributed by atoms with Crippen molar-refractivity contribution in [3.05, 3.63) is 98.6 Å². The van der Waals surface area contributed by atoms with E-state index in [0.717, 1.165) is 20.9 Å². The normalized spacial score (nSPS) is 11.3. The molecule has 3 heterocycles. The van der Waals surface area contributed by atoms with Crippen LogP contribution in [0.15, 0.2) is 76.9 Å². The maximum Gasteiger partial charge on any atom is 0.261 e. The maximum absolute atomic E-state index is 13.5. The van der Waals surface area contributed by atoms with E-state index in [1.54, 1.807) is 45.4 Å². The summed E-state index contributed by atoms with van der Waals surface area (Å²) in [7, 11) is 0. The van der Waals surface area contributed by atoms with Crippen molar-refractivity contribution < 1.29 is 0 Å². The predicted octanol–water partition coefficient (Wildman–Crippen LogP) is 6.01. The second kappa shape index (κ2) is 8.40. The summed E-state index contributed by atoms with van der Waals surface area (Å²) >= 11 is 9.52. The molecule has 0 radical (unpaired) electrons. The largest absolute Gasteiger partial charge is 0.326 e. The molecule has 0 unspecified atom stereocenters. The van der Waals surface area contributed by atoms with Gasteiger partial charge < -0.3 is 5.73 Å². The van der Waals surface area contributed by atoms with Gasteiger partial charge >= 0.3 is 0 Å². The van der Waals surface area contributed by atoms with Crippen LogP contribution in [0, 0.1) is 0 Å². The number of aromatic nitrogens is 2. The van der Waals surface area contributed by atoms with Crippen molar-refractivity contribution in [3.8, 4) is 20.5 Å². The minimum Gasteiger partial charge on any atom is -0.326 e. The van der Waals surface area contributed by atoms with E-state index in [1.165, 1.54) is 4.88 Å². The number of thiophene rings is 2. The first-order valence-corrected chi connectivity index (χ1v) is 11.8. The van der Waals surface area contributed by atoms with Crippen molar-refractivity contribution in [1.82, 2.24) is 9.55 Å². The topological polar surface area (TPSA) is 60.9 Å². The van der Waals surface area contributed by atoms with Crippen LogP contribution in [0.25, 0.3) is 31.4 Å². The summed E-state index contributed by atoms with van der Waals surface area (Å²) in [6.07, 6.45) is 0. The van der Waals surface area contributed by atoms with E-state index in [4.69, 9.17) is 22.3 Å². The molecule has 0 saturated carbocycles. The van der Waals surface area contributed by atoms with E-state index in [-0.39, 0.29) is 5.56 Å². The SMILES string of the molecule is NCc1cccc(Cn2c(-c3ccc(-c4cccs4)s3)nc3cc(Cl)ccc3c2=O)c1. The lowest BCUT2D eigenvalue weighted by Crippen LogP contribution is -2.24. The predicted molar refractivity (Wildman–Crippen MR) is 131 cm³/mol. The van der Waals surface area contributed by atoms with Crippen molar-refractivity contribution >= 4 is 45.2 Å². The Kier molecular flexibility index (Phi) is 5.46. The molecule has 0 atom stereocenters. The summed E-state index contributed by atoms with van der Waals surface area (Å²) < 4.78 is 1.75. The van der Waals surface area contributed by atoms with Crippen molar-refractivity contribution in [2.45, 2.75) is 13.1 Å². The molecule has 5 aromatic rings. The Labute approximate surface area is 192 Å². The minimum absolute atomic E-state index is 0.0825. The van der Waals surface area contributed by atoms with Crippen LogP contribution in [0.3, 0.4) is 0 Å². The monoisotopic (exact) mass is 463 g/mol. The molecule has 0 aliphatic carbocycles. The molecule has 0 spiro atoms. The number of halogens is 1. The Morgan fingerprint density at radius 2 is 1.77 bits per heavy atom. The van der Waals surface area contributed by atoms with Crippen molar-refractivity contribution in [2.75, 3.05) is 0 Å². The highest BCUT2D eigenvalue weighted by Crippen LogP contribution is 2.36. The molecule has 3 aromatic heterocycles. The van der Waals surface area contributed by atoms with Gasteiger partial charge in [-0.2, -0.15) is 0 Å². The highest BCUT2D eigenvalue weighted by molar-refractivity contribution is 7.23. The number of rotatable bonds is 5. The number of benzene rings is 2. The molecule has 0 aliphatic rings. The van der Waals surface area contributed by atoms with Crippen molar-refractivity contribution in [1.29, 1.82) is 0 Å². The fraction of sp³-hybridized carbons (Fsp3) is 0.0833. The van der Waals surface area contributed by atoms with Gasteiger partial charge in [0.15, 0.2) is 5.82 Å². The van der Waals surface area contributed by atoms with Gasteiger partial charge in [-0.3, -0.25) is 9.36 Å². The van der Waals surface area contributed by atoms with Gasteiger partial charge in [-0.25, -0.2) is 4.98 Å². The van der Waals surface area contributed by atoms with E-state index < -0.39 is 0 Å². The van der Waals surface area contributed by atoms with Gasteiger partial charge in [0.1, 0.15) is 0 Å². The summed E-state index contributed by atoms with van der Waals surface area (Å²) in [4.78, 5) is 21.7. The number of nitrogens with zero attached hydrogens (tertiary/aromatic N) is 2. The molecule has 0 amide bonds. The molecule has 0 bridgehead atoms.